The molecule has 0 fully saturated rings. The van der Waals surface area contributed by atoms with Crippen molar-refractivity contribution in [3.05, 3.63) is 53.6 Å². The van der Waals surface area contributed by atoms with E-state index in [0.717, 1.165) is 5.56 Å². The topological polar surface area (TPSA) is 67.9 Å². The number of hydrogen-bond donors (Lipinski definition) is 1. The molecule has 0 radical (unpaired) electrons. The van der Waals surface area contributed by atoms with Gasteiger partial charge in [-0.1, -0.05) is 18.2 Å². The number of anilines is 1. The van der Waals surface area contributed by atoms with Gasteiger partial charge in [0.2, 0.25) is 5.91 Å². The zero-order valence-corrected chi connectivity index (χ0v) is 15.0. The predicted molar refractivity (Wildman–Crippen MR) is 98.8 cm³/mol. The van der Waals surface area contributed by atoms with Crippen LogP contribution in [0.3, 0.4) is 0 Å². The quantitative estimate of drug-likeness (QED) is 0.896. The number of hydrogen-bond acceptors (Lipinski definition) is 4. The molecule has 0 saturated carbocycles. The Bertz CT molecular complexity index is 819. The number of aryl methyl sites for hydroxylation is 1. The standard InChI is InChI=1S/C20H22N2O4/c1-3-22(20(24)16-7-5-4-6-14(16)2)13-19(23)21-15-8-9-17-18(12-15)26-11-10-25-17/h4-9,12H,3,10-11,13H2,1-2H3,(H,21,23). The molecule has 0 spiro atoms. The van der Waals surface area contributed by atoms with Crippen molar-refractivity contribution in [2.24, 2.45) is 0 Å². The van der Waals surface area contributed by atoms with Gasteiger partial charge in [-0.3, -0.25) is 9.59 Å². The number of nitrogens with one attached hydrogen (secondary N) is 1. The second-order valence-electron chi connectivity index (χ2n) is 6.04. The molecule has 0 atom stereocenters. The van der Waals surface area contributed by atoms with E-state index < -0.39 is 0 Å². The summed E-state index contributed by atoms with van der Waals surface area (Å²) in [6, 6.07) is 12.6. The molecule has 3 rings (SSSR count). The summed E-state index contributed by atoms with van der Waals surface area (Å²) in [6.07, 6.45) is 0. The molecule has 1 aliphatic rings. The summed E-state index contributed by atoms with van der Waals surface area (Å²) >= 11 is 0. The monoisotopic (exact) mass is 354 g/mol. The molecule has 6 heteroatoms. The maximum atomic E-state index is 12.7. The molecule has 0 bridgehead atoms. The molecule has 2 amide bonds. The van der Waals surface area contributed by atoms with Crippen LogP contribution in [0.25, 0.3) is 0 Å². The predicted octanol–water partition coefficient (Wildman–Crippen LogP) is 2.87. The summed E-state index contributed by atoms with van der Waals surface area (Å²) in [7, 11) is 0. The van der Waals surface area contributed by atoms with Gasteiger partial charge in [0.15, 0.2) is 11.5 Å². The first-order valence-corrected chi connectivity index (χ1v) is 8.63. The number of carbonyl (C=O) groups excluding carboxylic acids is 2. The third kappa shape index (κ3) is 3.96. The van der Waals surface area contributed by atoms with Gasteiger partial charge in [0.25, 0.3) is 5.91 Å². The normalized spacial score (nSPS) is 12.4. The summed E-state index contributed by atoms with van der Waals surface area (Å²) in [5.41, 5.74) is 2.11. The highest BCUT2D eigenvalue weighted by Gasteiger charge is 2.19. The second-order valence-corrected chi connectivity index (χ2v) is 6.04. The first kappa shape index (κ1) is 17.8. The van der Waals surface area contributed by atoms with Crippen LogP contribution in [0.1, 0.15) is 22.8 Å². The van der Waals surface area contributed by atoms with E-state index in [1.54, 1.807) is 24.3 Å². The summed E-state index contributed by atoms with van der Waals surface area (Å²) in [5.74, 6) is 0.866. The van der Waals surface area contributed by atoms with E-state index in [1.165, 1.54) is 4.90 Å². The minimum atomic E-state index is -0.259. The Kier molecular flexibility index (Phi) is 5.41. The van der Waals surface area contributed by atoms with Crippen LogP contribution in [0.5, 0.6) is 11.5 Å². The van der Waals surface area contributed by atoms with Gasteiger partial charge >= 0.3 is 0 Å². The lowest BCUT2D eigenvalue weighted by molar-refractivity contribution is -0.116. The fourth-order valence-electron chi connectivity index (χ4n) is 2.81. The SMILES string of the molecule is CCN(CC(=O)Nc1ccc2c(c1)OCCO2)C(=O)c1ccccc1C. The number of amides is 2. The molecule has 136 valence electrons. The molecule has 1 heterocycles. The molecule has 1 N–H and O–H groups in total. The third-order valence-electron chi connectivity index (χ3n) is 4.20. The molecule has 0 aliphatic carbocycles. The number of nitrogens with zero attached hydrogens (tertiary/aromatic N) is 1. The van der Waals surface area contributed by atoms with Gasteiger partial charge in [0, 0.05) is 23.9 Å². The van der Waals surface area contributed by atoms with E-state index in [2.05, 4.69) is 5.32 Å². The van der Waals surface area contributed by atoms with Gasteiger partial charge < -0.3 is 19.7 Å². The summed E-state index contributed by atoms with van der Waals surface area (Å²) in [4.78, 5) is 26.6. The van der Waals surface area contributed by atoms with Gasteiger partial charge in [-0.25, -0.2) is 0 Å². The Morgan fingerprint density at radius 2 is 1.81 bits per heavy atom. The first-order valence-electron chi connectivity index (χ1n) is 8.63. The number of ether oxygens (including phenoxy) is 2. The fourth-order valence-corrected chi connectivity index (χ4v) is 2.81. The summed E-state index contributed by atoms with van der Waals surface area (Å²) in [5, 5.41) is 2.81. The molecule has 2 aromatic carbocycles. The second kappa shape index (κ2) is 7.91. The minimum Gasteiger partial charge on any atom is -0.486 e. The molecular formula is C20H22N2O4. The molecule has 1 aliphatic heterocycles. The molecule has 0 unspecified atom stereocenters. The van der Waals surface area contributed by atoms with Gasteiger partial charge in [0.1, 0.15) is 19.8 Å². The van der Waals surface area contributed by atoms with Crippen molar-refractivity contribution in [1.29, 1.82) is 0 Å². The Morgan fingerprint density at radius 1 is 1.08 bits per heavy atom. The first-order chi connectivity index (χ1) is 12.6. The molecular weight excluding hydrogens is 332 g/mol. The van der Waals surface area contributed by atoms with Crippen molar-refractivity contribution < 1.29 is 19.1 Å². The highest BCUT2D eigenvalue weighted by atomic mass is 16.6. The lowest BCUT2D eigenvalue weighted by Gasteiger charge is -2.22. The Balaban J connectivity index is 1.66. The fraction of sp³-hybridized carbons (Fsp3) is 0.300. The van der Waals surface area contributed by atoms with Gasteiger partial charge in [-0.2, -0.15) is 0 Å². The maximum absolute atomic E-state index is 12.7. The van der Waals surface area contributed by atoms with Crippen LogP contribution in [0.15, 0.2) is 42.5 Å². The van der Waals surface area contributed by atoms with E-state index in [1.807, 2.05) is 32.0 Å². The van der Waals surface area contributed by atoms with Crippen LogP contribution < -0.4 is 14.8 Å². The van der Waals surface area contributed by atoms with Crippen LogP contribution >= 0.6 is 0 Å². The van der Waals surface area contributed by atoms with Crippen LogP contribution in [0.2, 0.25) is 0 Å². The number of fused-ring (bicyclic) bond motifs is 1. The Labute approximate surface area is 152 Å². The summed E-state index contributed by atoms with van der Waals surface area (Å²) < 4.78 is 11.0. The lowest BCUT2D eigenvalue weighted by atomic mass is 10.1. The van der Waals surface area contributed by atoms with Crippen LogP contribution in [-0.4, -0.2) is 43.0 Å². The zero-order valence-electron chi connectivity index (χ0n) is 15.0. The average Bonchev–Trinajstić information content (AvgIpc) is 2.66. The van der Waals surface area contributed by atoms with Crippen LogP contribution in [0.4, 0.5) is 5.69 Å². The molecule has 0 saturated heterocycles. The lowest BCUT2D eigenvalue weighted by Crippen LogP contribution is -2.38. The minimum absolute atomic E-state index is 0.0158. The van der Waals surface area contributed by atoms with Crippen molar-refractivity contribution in [1.82, 2.24) is 4.90 Å². The van der Waals surface area contributed by atoms with Crippen LogP contribution in [0, 0.1) is 6.92 Å². The largest absolute Gasteiger partial charge is 0.486 e. The Morgan fingerprint density at radius 3 is 2.54 bits per heavy atom. The summed E-state index contributed by atoms with van der Waals surface area (Å²) in [6.45, 7) is 5.17. The molecule has 0 aromatic heterocycles. The van der Waals surface area contributed by atoms with Crippen molar-refractivity contribution in [2.75, 3.05) is 31.6 Å². The number of likely N-dealkylation sites (N-methyl/N-ethyl adjacent to an activating group) is 1. The van der Waals surface area contributed by atoms with E-state index in [-0.39, 0.29) is 18.4 Å². The van der Waals surface area contributed by atoms with Crippen molar-refractivity contribution in [3.8, 4) is 11.5 Å². The average molecular weight is 354 g/mol. The van der Waals surface area contributed by atoms with E-state index in [0.29, 0.717) is 42.5 Å². The highest BCUT2D eigenvalue weighted by molar-refractivity contribution is 6.00. The molecule has 6 nitrogen and oxygen atoms in total. The Hall–Kier alpha value is -3.02. The number of rotatable bonds is 5. The van der Waals surface area contributed by atoms with Crippen molar-refractivity contribution >= 4 is 17.5 Å². The maximum Gasteiger partial charge on any atom is 0.254 e. The van der Waals surface area contributed by atoms with Crippen molar-refractivity contribution in [2.45, 2.75) is 13.8 Å². The van der Waals surface area contributed by atoms with E-state index in [4.69, 9.17) is 9.47 Å². The highest BCUT2D eigenvalue weighted by Crippen LogP contribution is 2.32. The molecule has 26 heavy (non-hydrogen) atoms. The zero-order chi connectivity index (χ0) is 18.5. The smallest absolute Gasteiger partial charge is 0.254 e. The van der Waals surface area contributed by atoms with Crippen molar-refractivity contribution in [3.63, 3.8) is 0 Å². The number of carbonyl (C=O) groups is 2. The third-order valence-corrected chi connectivity index (χ3v) is 4.20. The molecule has 2 aromatic rings. The van der Waals surface area contributed by atoms with E-state index >= 15 is 0 Å². The van der Waals surface area contributed by atoms with Gasteiger partial charge in [-0.05, 0) is 37.6 Å². The number of benzene rings is 2. The van der Waals surface area contributed by atoms with Gasteiger partial charge in [-0.15, -0.1) is 0 Å². The van der Waals surface area contributed by atoms with Gasteiger partial charge in [0.05, 0.1) is 0 Å². The van der Waals surface area contributed by atoms with Crippen LogP contribution in [-0.2, 0) is 4.79 Å². The van der Waals surface area contributed by atoms with E-state index in [9.17, 15) is 9.59 Å².